The summed E-state index contributed by atoms with van der Waals surface area (Å²) in [6, 6.07) is 5.66. The summed E-state index contributed by atoms with van der Waals surface area (Å²) in [5, 5.41) is 8.32. The molecule has 0 radical (unpaired) electrons. The molecule has 0 fully saturated rings. The van der Waals surface area contributed by atoms with E-state index >= 15 is 0 Å². The third kappa shape index (κ3) is 2.69. The molecule has 0 aliphatic carbocycles. The first-order valence-corrected chi connectivity index (χ1v) is 5.00. The fourth-order valence-electron chi connectivity index (χ4n) is 1.40. The van der Waals surface area contributed by atoms with E-state index in [-0.39, 0.29) is 5.56 Å². The molecule has 0 unspecified atom stereocenters. The van der Waals surface area contributed by atoms with E-state index in [4.69, 9.17) is 10.00 Å². The first-order chi connectivity index (χ1) is 7.51. The van der Waals surface area contributed by atoms with Gasteiger partial charge in [0.1, 0.15) is 12.2 Å². The number of alkyl halides is 2. The lowest BCUT2D eigenvalue weighted by molar-refractivity contribution is 0.000849. The van der Waals surface area contributed by atoms with Crippen molar-refractivity contribution in [3.8, 4) is 11.8 Å². The highest BCUT2D eigenvalue weighted by atomic mass is 19.3. The lowest BCUT2D eigenvalue weighted by Crippen LogP contribution is -2.12. The van der Waals surface area contributed by atoms with Crippen LogP contribution in [0, 0.1) is 18.3 Å². The first kappa shape index (κ1) is 12.4. The normalized spacial score (nSPS) is 10.9. The van der Waals surface area contributed by atoms with Crippen LogP contribution in [-0.2, 0) is 5.92 Å². The average molecular weight is 225 g/mol. The van der Waals surface area contributed by atoms with Crippen molar-refractivity contribution in [3.05, 3.63) is 29.3 Å². The van der Waals surface area contributed by atoms with Crippen LogP contribution in [0.3, 0.4) is 0 Å². The zero-order valence-corrected chi connectivity index (χ0v) is 9.26. The molecule has 0 saturated heterocycles. The molecule has 4 heteroatoms. The Morgan fingerprint density at radius 3 is 2.62 bits per heavy atom. The number of ether oxygens (including phenoxy) is 1. The molecule has 0 bridgehead atoms. The van der Waals surface area contributed by atoms with Crippen molar-refractivity contribution in [2.75, 3.05) is 6.61 Å². The van der Waals surface area contributed by atoms with Crippen molar-refractivity contribution >= 4 is 0 Å². The number of benzene rings is 1. The van der Waals surface area contributed by atoms with Gasteiger partial charge in [-0.25, -0.2) is 8.78 Å². The van der Waals surface area contributed by atoms with Crippen LogP contribution in [0.5, 0.6) is 5.75 Å². The molecule has 0 atom stereocenters. The van der Waals surface area contributed by atoms with E-state index in [1.165, 1.54) is 24.3 Å². The van der Waals surface area contributed by atoms with Gasteiger partial charge in [-0.15, -0.1) is 0 Å². The molecule has 0 amide bonds. The fraction of sp³-hybridized carbons (Fsp3) is 0.417. The zero-order valence-electron chi connectivity index (χ0n) is 9.26. The van der Waals surface area contributed by atoms with E-state index in [1.807, 2.05) is 6.92 Å². The van der Waals surface area contributed by atoms with Crippen LogP contribution in [0.1, 0.15) is 24.5 Å². The minimum Gasteiger partial charge on any atom is -0.494 e. The van der Waals surface area contributed by atoms with E-state index in [2.05, 4.69) is 0 Å². The topological polar surface area (TPSA) is 33.0 Å². The molecule has 1 aromatic rings. The van der Waals surface area contributed by atoms with Crippen molar-refractivity contribution < 1.29 is 13.5 Å². The summed E-state index contributed by atoms with van der Waals surface area (Å²) in [5.41, 5.74) is 0.506. The Balaban J connectivity index is 3.01. The van der Waals surface area contributed by atoms with E-state index < -0.39 is 12.3 Å². The monoisotopic (exact) mass is 225 g/mol. The summed E-state index contributed by atoms with van der Waals surface area (Å²) in [6.07, 6.45) is -0.805. The Hall–Kier alpha value is -1.63. The molecule has 16 heavy (non-hydrogen) atoms. The van der Waals surface area contributed by atoms with Gasteiger partial charge in [-0.1, -0.05) is 0 Å². The summed E-state index contributed by atoms with van der Waals surface area (Å²) in [5.74, 6) is -2.50. The molecule has 0 aromatic heterocycles. The number of aryl methyl sites for hydroxylation is 1. The van der Waals surface area contributed by atoms with Gasteiger partial charge in [-0.3, -0.25) is 0 Å². The molecular weight excluding hydrogens is 212 g/mol. The molecule has 0 N–H and O–H groups in total. The quantitative estimate of drug-likeness (QED) is 0.786. The zero-order chi connectivity index (χ0) is 12.2. The first-order valence-electron chi connectivity index (χ1n) is 5.00. The van der Waals surface area contributed by atoms with E-state index in [9.17, 15) is 8.78 Å². The summed E-state index contributed by atoms with van der Waals surface area (Å²) < 4.78 is 32.0. The van der Waals surface area contributed by atoms with Gasteiger partial charge in [0.05, 0.1) is 12.7 Å². The Morgan fingerprint density at radius 1 is 1.44 bits per heavy atom. The number of halogens is 2. The minimum atomic E-state index is -3.09. The molecule has 2 nitrogen and oxygen atoms in total. The van der Waals surface area contributed by atoms with Gasteiger partial charge in [-0.05, 0) is 37.6 Å². The lowest BCUT2D eigenvalue weighted by Gasteiger charge is -2.15. The highest BCUT2D eigenvalue weighted by molar-refractivity contribution is 5.38. The molecule has 0 aliphatic rings. The van der Waals surface area contributed by atoms with Gasteiger partial charge in [0.25, 0.3) is 5.92 Å². The van der Waals surface area contributed by atoms with E-state index in [1.54, 1.807) is 6.92 Å². The van der Waals surface area contributed by atoms with Gasteiger partial charge in [0, 0.05) is 5.56 Å². The SMILES string of the molecule is CCOc1ccc(C(F)(F)CC#N)cc1C. The Morgan fingerprint density at radius 2 is 2.12 bits per heavy atom. The maximum absolute atomic E-state index is 13.4. The minimum absolute atomic E-state index is 0.144. The van der Waals surface area contributed by atoms with Crippen LogP contribution in [0.2, 0.25) is 0 Å². The molecule has 86 valence electrons. The van der Waals surface area contributed by atoms with Crippen molar-refractivity contribution in [3.63, 3.8) is 0 Å². The number of hydrogen-bond acceptors (Lipinski definition) is 2. The summed E-state index contributed by atoms with van der Waals surface area (Å²) in [4.78, 5) is 0. The van der Waals surface area contributed by atoms with Crippen LogP contribution in [0.4, 0.5) is 8.78 Å². The highest BCUT2D eigenvalue weighted by Gasteiger charge is 2.31. The average Bonchev–Trinajstić information content (AvgIpc) is 2.21. The third-order valence-corrected chi connectivity index (χ3v) is 2.20. The molecule has 0 spiro atoms. The highest BCUT2D eigenvalue weighted by Crippen LogP contribution is 2.33. The van der Waals surface area contributed by atoms with Crippen molar-refractivity contribution in [1.82, 2.24) is 0 Å². The molecular formula is C12H13F2NO. The van der Waals surface area contributed by atoms with Gasteiger partial charge >= 0.3 is 0 Å². The van der Waals surface area contributed by atoms with Crippen LogP contribution < -0.4 is 4.74 Å². The second-order valence-electron chi connectivity index (χ2n) is 3.45. The van der Waals surface area contributed by atoms with Crippen LogP contribution >= 0.6 is 0 Å². The molecule has 0 heterocycles. The summed E-state index contributed by atoms with van der Waals surface area (Å²) in [6.45, 7) is 4.03. The van der Waals surface area contributed by atoms with Crippen LogP contribution in [0.25, 0.3) is 0 Å². The van der Waals surface area contributed by atoms with E-state index in [0.29, 0.717) is 17.9 Å². The Labute approximate surface area is 93.5 Å². The predicted octanol–water partition coefficient (Wildman–Crippen LogP) is 3.40. The van der Waals surface area contributed by atoms with Crippen molar-refractivity contribution in [2.24, 2.45) is 0 Å². The van der Waals surface area contributed by atoms with Gasteiger partial charge in [0.15, 0.2) is 0 Å². The Kier molecular flexibility index (Phi) is 3.83. The summed E-state index contributed by atoms with van der Waals surface area (Å²) >= 11 is 0. The lowest BCUT2D eigenvalue weighted by atomic mass is 10.0. The third-order valence-electron chi connectivity index (χ3n) is 2.20. The number of nitrogens with zero attached hydrogens (tertiary/aromatic N) is 1. The predicted molar refractivity (Wildman–Crippen MR) is 56.5 cm³/mol. The maximum atomic E-state index is 13.4. The van der Waals surface area contributed by atoms with Crippen LogP contribution in [-0.4, -0.2) is 6.61 Å². The second-order valence-corrected chi connectivity index (χ2v) is 3.45. The smallest absolute Gasteiger partial charge is 0.286 e. The fourth-order valence-corrected chi connectivity index (χ4v) is 1.40. The van der Waals surface area contributed by atoms with E-state index in [0.717, 1.165) is 0 Å². The molecule has 1 aromatic carbocycles. The maximum Gasteiger partial charge on any atom is 0.286 e. The number of nitriles is 1. The standard InChI is InChI=1S/C12H13F2NO/c1-3-16-11-5-4-10(8-9(11)2)12(13,14)6-7-15/h4-5,8H,3,6H2,1-2H3. The van der Waals surface area contributed by atoms with Crippen LogP contribution in [0.15, 0.2) is 18.2 Å². The van der Waals surface area contributed by atoms with Gasteiger partial charge in [-0.2, -0.15) is 5.26 Å². The summed E-state index contributed by atoms with van der Waals surface area (Å²) in [7, 11) is 0. The second kappa shape index (κ2) is 4.93. The van der Waals surface area contributed by atoms with Gasteiger partial charge < -0.3 is 4.74 Å². The number of hydrogen-bond donors (Lipinski definition) is 0. The van der Waals surface area contributed by atoms with Crippen molar-refractivity contribution in [1.29, 1.82) is 5.26 Å². The van der Waals surface area contributed by atoms with Gasteiger partial charge in [0.2, 0.25) is 0 Å². The number of rotatable bonds is 4. The molecule has 0 aliphatic heterocycles. The van der Waals surface area contributed by atoms with Crippen molar-refractivity contribution in [2.45, 2.75) is 26.2 Å². The Bertz CT molecular complexity index is 410. The molecule has 1 rings (SSSR count). The largest absolute Gasteiger partial charge is 0.494 e. The molecule has 0 saturated carbocycles.